The van der Waals surface area contributed by atoms with Crippen LogP contribution in [0.5, 0.6) is 0 Å². The van der Waals surface area contributed by atoms with Crippen LogP contribution in [0.1, 0.15) is 69.8 Å². The quantitative estimate of drug-likeness (QED) is 0.753. The van der Waals surface area contributed by atoms with Crippen LogP contribution in [0.25, 0.3) is 6.08 Å². The predicted molar refractivity (Wildman–Crippen MR) is 105 cm³/mol. The van der Waals surface area contributed by atoms with Crippen molar-refractivity contribution in [3.63, 3.8) is 0 Å². The topological polar surface area (TPSA) is 49.4 Å². The Morgan fingerprint density at radius 3 is 2.15 bits per heavy atom. The Hall–Kier alpha value is -2.17. The van der Waals surface area contributed by atoms with Gasteiger partial charge in [-0.15, -0.1) is 0 Å². The highest BCUT2D eigenvalue weighted by Gasteiger charge is 2.31. The molecule has 1 aromatic carbocycles. The molecule has 0 saturated heterocycles. The second kappa shape index (κ2) is 9.67. The Balaban J connectivity index is 1.70. The zero-order valence-electron chi connectivity index (χ0n) is 15.8. The number of nitrogens with one attached hydrogen (secondary N) is 1. The molecule has 0 radical (unpaired) electrons. The van der Waals surface area contributed by atoms with Crippen LogP contribution < -0.4 is 5.32 Å². The summed E-state index contributed by atoms with van der Waals surface area (Å²) in [6.07, 6.45) is 13.5. The number of hydrogen-bond donors (Lipinski definition) is 1. The molecule has 0 spiro atoms. The molecule has 146 valence electrons. The van der Waals surface area contributed by atoms with Gasteiger partial charge >= 0.3 is 6.03 Å². The van der Waals surface area contributed by atoms with Crippen molar-refractivity contribution in [3.8, 4) is 0 Å². The summed E-state index contributed by atoms with van der Waals surface area (Å²) in [5, 5.41) is 3.09. The first kappa shape index (κ1) is 19.6. The fourth-order valence-corrected chi connectivity index (χ4v) is 4.10. The summed E-state index contributed by atoms with van der Waals surface area (Å²) in [5.74, 6) is -0.603. The molecule has 3 amide bonds. The molecule has 0 heterocycles. The van der Waals surface area contributed by atoms with E-state index in [2.05, 4.69) is 5.32 Å². The molecule has 27 heavy (non-hydrogen) atoms. The number of rotatable bonds is 4. The highest BCUT2D eigenvalue weighted by atomic mass is 19.1. The van der Waals surface area contributed by atoms with Crippen LogP contribution in [0.3, 0.4) is 0 Å². The first-order valence-corrected chi connectivity index (χ1v) is 10.2. The van der Waals surface area contributed by atoms with Crippen LogP contribution in [-0.4, -0.2) is 28.9 Å². The standard InChI is InChI=1S/C22H29FN2O2/c23-18-14-11-17(12-15-18)13-16-21(26)25(20-9-5-2-6-10-20)22(27)24-19-7-3-1-4-8-19/h11-16,19-20H,1-10H2,(H,24,27)/b16-13+. The summed E-state index contributed by atoms with van der Waals surface area (Å²) in [5.41, 5.74) is 0.737. The number of imide groups is 1. The molecule has 1 N–H and O–H groups in total. The average molecular weight is 372 g/mol. The second-order valence-corrected chi connectivity index (χ2v) is 7.67. The largest absolute Gasteiger partial charge is 0.335 e. The Bertz CT molecular complexity index is 659. The number of carbonyl (C=O) groups is 2. The van der Waals surface area contributed by atoms with Crippen LogP contribution in [-0.2, 0) is 4.79 Å². The van der Waals surface area contributed by atoms with Gasteiger partial charge in [-0.25, -0.2) is 9.18 Å². The van der Waals surface area contributed by atoms with E-state index < -0.39 is 0 Å². The predicted octanol–water partition coefficient (Wildman–Crippen LogP) is 5.04. The Kier molecular flexibility index (Phi) is 7.02. The normalized spacial score (nSPS) is 19.1. The van der Waals surface area contributed by atoms with Crippen molar-refractivity contribution >= 4 is 18.0 Å². The van der Waals surface area contributed by atoms with E-state index in [-0.39, 0.29) is 29.8 Å². The summed E-state index contributed by atoms with van der Waals surface area (Å²) >= 11 is 0. The molecular weight excluding hydrogens is 343 g/mol. The number of amides is 3. The monoisotopic (exact) mass is 372 g/mol. The molecule has 1 aromatic rings. The molecule has 2 aliphatic rings. The van der Waals surface area contributed by atoms with Crippen molar-refractivity contribution in [1.29, 1.82) is 0 Å². The number of hydrogen-bond acceptors (Lipinski definition) is 2. The molecule has 2 fully saturated rings. The van der Waals surface area contributed by atoms with Crippen LogP contribution in [0, 0.1) is 5.82 Å². The minimum Gasteiger partial charge on any atom is -0.335 e. The van der Waals surface area contributed by atoms with Gasteiger partial charge in [0.15, 0.2) is 0 Å². The SMILES string of the molecule is O=C(/C=C/c1ccc(F)cc1)N(C(=O)NC1CCCCC1)C1CCCCC1. The number of benzene rings is 1. The minimum atomic E-state index is -0.311. The molecule has 0 unspecified atom stereocenters. The lowest BCUT2D eigenvalue weighted by atomic mass is 9.93. The van der Waals surface area contributed by atoms with Gasteiger partial charge in [-0.3, -0.25) is 9.69 Å². The molecular formula is C22H29FN2O2. The summed E-state index contributed by atoms with van der Waals surface area (Å²) in [6.45, 7) is 0. The van der Waals surface area contributed by atoms with Gasteiger partial charge in [0.25, 0.3) is 5.91 Å². The molecule has 3 rings (SSSR count). The van der Waals surface area contributed by atoms with E-state index in [4.69, 9.17) is 0 Å². The van der Waals surface area contributed by atoms with E-state index in [0.717, 1.165) is 63.4 Å². The van der Waals surface area contributed by atoms with Gasteiger partial charge in [-0.05, 0) is 49.5 Å². The lowest BCUT2D eigenvalue weighted by Crippen LogP contribution is -2.52. The number of carbonyl (C=O) groups excluding carboxylic acids is 2. The highest BCUT2D eigenvalue weighted by molar-refractivity contribution is 6.02. The smallest absolute Gasteiger partial charge is 0.324 e. The lowest BCUT2D eigenvalue weighted by molar-refractivity contribution is -0.125. The van der Waals surface area contributed by atoms with Crippen molar-refractivity contribution in [2.45, 2.75) is 76.3 Å². The van der Waals surface area contributed by atoms with Crippen LogP contribution >= 0.6 is 0 Å². The van der Waals surface area contributed by atoms with Gasteiger partial charge < -0.3 is 5.32 Å². The average Bonchev–Trinajstić information content (AvgIpc) is 2.69. The van der Waals surface area contributed by atoms with E-state index in [0.29, 0.717) is 0 Å². The molecule has 2 saturated carbocycles. The third-order valence-electron chi connectivity index (χ3n) is 5.62. The van der Waals surface area contributed by atoms with Crippen molar-refractivity contribution in [2.24, 2.45) is 0 Å². The summed E-state index contributed by atoms with van der Waals surface area (Å²) in [4.78, 5) is 27.2. The Morgan fingerprint density at radius 2 is 1.52 bits per heavy atom. The van der Waals surface area contributed by atoms with Gasteiger partial charge in [0.2, 0.25) is 0 Å². The summed E-state index contributed by atoms with van der Waals surface area (Å²) in [6, 6.07) is 5.83. The fourth-order valence-electron chi connectivity index (χ4n) is 4.10. The number of halogens is 1. The molecule has 2 aliphatic carbocycles. The highest BCUT2D eigenvalue weighted by Crippen LogP contribution is 2.24. The minimum absolute atomic E-state index is 0.0345. The summed E-state index contributed by atoms with van der Waals surface area (Å²) < 4.78 is 13.0. The van der Waals surface area contributed by atoms with Crippen LogP contribution in [0.4, 0.5) is 9.18 Å². The zero-order valence-corrected chi connectivity index (χ0v) is 15.8. The van der Waals surface area contributed by atoms with Gasteiger partial charge in [0.05, 0.1) is 0 Å². The van der Waals surface area contributed by atoms with Gasteiger partial charge in [-0.1, -0.05) is 50.7 Å². The lowest BCUT2D eigenvalue weighted by Gasteiger charge is -2.34. The van der Waals surface area contributed by atoms with Crippen molar-refractivity contribution in [1.82, 2.24) is 10.2 Å². The van der Waals surface area contributed by atoms with Crippen molar-refractivity contribution < 1.29 is 14.0 Å². The zero-order chi connectivity index (χ0) is 19.1. The third kappa shape index (κ3) is 5.65. The van der Waals surface area contributed by atoms with Gasteiger partial charge in [-0.2, -0.15) is 0 Å². The van der Waals surface area contributed by atoms with E-state index in [1.54, 1.807) is 18.2 Å². The molecule has 4 nitrogen and oxygen atoms in total. The van der Waals surface area contributed by atoms with Gasteiger partial charge in [0, 0.05) is 18.2 Å². The first-order valence-electron chi connectivity index (χ1n) is 10.2. The van der Waals surface area contributed by atoms with E-state index >= 15 is 0 Å². The van der Waals surface area contributed by atoms with Crippen LogP contribution in [0.2, 0.25) is 0 Å². The molecule has 0 aromatic heterocycles. The molecule has 0 atom stereocenters. The number of nitrogens with zero attached hydrogens (tertiary/aromatic N) is 1. The van der Waals surface area contributed by atoms with E-state index in [1.807, 2.05) is 0 Å². The second-order valence-electron chi connectivity index (χ2n) is 7.67. The third-order valence-corrected chi connectivity index (χ3v) is 5.62. The Morgan fingerprint density at radius 1 is 0.926 bits per heavy atom. The Labute approximate surface area is 160 Å². The van der Waals surface area contributed by atoms with Gasteiger partial charge in [0.1, 0.15) is 5.82 Å². The van der Waals surface area contributed by atoms with Crippen molar-refractivity contribution in [3.05, 3.63) is 41.7 Å². The van der Waals surface area contributed by atoms with Crippen molar-refractivity contribution in [2.75, 3.05) is 0 Å². The van der Waals surface area contributed by atoms with Crippen LogP contribution in [0.15, 0.2) is 30.3 Å². The fraction of sp³-hybridized carbons (Fsp3) is 0.545. The number of urea groups is 1. The first-order chi connectivity index (χ1) is 13.1. The molecule has 0 bridgehead atoms. The maximum atomic E-state index is 13.0. The molecule has 5 heteroatoms. The van der Waals surface area contributed by atoms with E-state index in [1.165, 1.54) is 29.5 Å². The van der Waals surface area contributed by atoms with E-state index in [9.17, 15) is 14.0 Å². The maximum absolute atomic E-state index is 13.0. The summed E-state index contributed by atoms with van der Waals surface area (Å²) in [7, 11) is 0. The molecule has 0 aliphatic heterocycles. The maximum Gasteiger partial charge on any atom is 0.324 e.